The van der Waals surface area contributed by atoms with Crippen LogP contribution in [0.3, 0.4) is 0 Å². The Hall–Kier alpha value is -1.06. The van der Waals surface area contributed by atoms with E-state index in [4.69, 9.17) is 9.47 Å². The average Bonchev–Trinajstić information content (AvgIpc) is 3.26. The molecule has 0 atom stereocenters. The van der Waals surface area contributed by atoms with E-state index in [-0.39, 0.29) is 11.9 Å². The van der Waals surface area contributed by atoms with Gasteiger partial charge >= 0.3 is 11.9 Å². The molecule has 0 bridgehead atoms. The third-order valence-electron chi connectivity index (χ3n) is 13.3. The second-order valence-electron chi connectivity index (χ2n) is 19.6. The number of rotatable bonds is 54. The van der Waals surface area contributed by atoms with Crippen LogP contribution < -0.4 is 0 Å². The summed E-state index contributed by atoms with van der Waals surface area (Å²) < 4.78 is 11.0. The fourth-order valence-electron chi connectivity index (χ4n) is 9.01. The molecule has 4 nitrogen and oxygen atoms in total. The lowest BCUT2D eigenvalue weighted by Gasteiger charge is -2.06. The molecule has 0 unspecified atom stereocenters. The van der Waals surface area contributed by atoms with Crippen molar-refractivity contribution >= 4 is 11.9 Å². The summed E-state index contributed by atoms with van der Waals surface area (Å²) in [6.07, 6.45) is 66.9. The van der Waals surface area contributed by atoms with Crippen LogP contribution >= 0.6 is 0 Å². The van der Waals surface area contributed by atoms with E-state index in [2.05, 4.69) is 13.8 Å². The third kappa shape index (κ3) is 55.0. The Morgan fingerprint density at radius 1 is 0.213 bits per heavy atom. The van der Waals surface area contributed by atoms with Gasteiger partial charge in [0.15, 0.2) is 0 Å². The van der Waals surface area contributed by atoms with Crippen molar-refractivity contribution in [1.82, 2.24) is 0 Å². The van der Waals surface area contributed by atoms with Gasteiger partial charge in [0, 0.05) is 12.8 Å². The summed E-state index contributed by atoms with van der Waals surface area (Å²) in [6.45, 7) is 5.83. The van der Waals surface area contributed by atoms with Gasteiger partial charge in [-0.25, -0.2) is 0 Å². The summed E-state index contributed by atoms with van der Waals surface area (Å²) in [4.78, 5) is 24.1. The fourth-order valence-corrected chi connectivity index (χ4v) is 9.01. The van der Waals surface area contributed by atoms with Crippen LogP contribution in [0.25, 0.3) is 0 Å². The summed E-state index contributed by atoms with van der Waals surface area (Å²) in [5, 5.41) is 0. The molecule has 0 aromatic carbocycles. The first-order valence-corrected chi connectivity index (χ1v) is 28.5. The predicted octanol–water partition coefficient (Wildman–Crippen LogP) is 20.0. The molecule has 0 saturated carbocycles. The second kappa shape index (κ2) is 55.1. The molecule has 0 saturated heterocycles. The summed E-state index contributed by atoms with van der Waals surface area (Å²) in [5.74, 6) is 0.0322. The summed E-state index contributed by atoms with van der Waals surface area (Å²) in [7, 11) is 0. The highest BCUT2D eigenvalue weighted by molar-refractivity contribution is 5.69. The van der Waals surface area contributed by atoms with Gasteiger partial charge in [-0.15, -0.1) is 0 Å². The maximum absolute atomic E-state index is 12.1. The van der Waals surface area contributed by atoms with Crippen LogP contribution in [0.2, 0.25) is 0 Å². The van der Waals surface area contributed by atoms with Gasteiger partial charge in [0.25, 0.3) is 0 Å². The van der Waals surface area contributed by atoms with E-state index in [1.807, 2.05) is 0 Å². The summed E-state index contributed by atoms with van der Waals surface area (Å²) in [5.41, 5.74) is 0. The quantitative estimate of drug-likeness (QED) is 0.0452. The van der Waals surface area contributed by atoms with E-state index in [0.29, 0.717) is 26.1 Å². The number of unbranched alkanes of at least 4 members (excludes halogenated alkanes) is 46. The lowest BCUT2D eigenvalue weighted by Crippen LogP contribution is -2.05. The Morgan fingerprint density at radius 3 is 0.541 bits per heavy atom. The Kier molecular flexibility index (Phi) is 54.1. The molecule has 61 heavy (non-hydrogen) atoms. The van der Waals surface area contributed by atoms with Crippen LogP contribution in [0.5, 0.6) is 0 Å². The van der Waals surface area contributed by atoms with Crippen LogP contribution in [-0.2, 0) is 19.1 Å². The van der Waals surface area contributed by atoms with E-state index < -0.39 is 0 Å². The van der Waals surface area contributed by atoms with E-state index in [9.17, 15) is 9.59 Å². The number of hydrogen-bond acceptors (Lipinski definition) is 4. The van der Waals surface area contributed by atoms with Crippen molar-refractivity contribution in [1.29, 1.82) is 0 Å². The van der Waals surface area contributed by atoms with Gasteiger partial charge in [0.05, 0.1) is 13.2 Å². The highest BCUT2D eigenvalue weighted by atomic mass is 16.5. The highest BCUT2D eigenvalue weighted by Gasteiger charge is 2.05. The molecule has 0 radical (unpaired) electrons. The van der Waals surface area contributed by atoms with E-state index in [1.54, 1.807) is 0 Å². The molecule has 4 heteroatoms. The molecule has 364 valence electrons. The van der Waals surface area contributed by atoms with Gasteiger partial charge in [-0.1, -0.05) is 303 Å². The first-order valence-electron chi connectivity index (χ1n) is 28.5. The zero-order valence-corrected chi connectivity index (χ0v) is 42.1. The van der Waals surface area contributed by atoms with Crippen molar-refractivity contribution in [3.8, 4) is 0 Å². The maximum atomic E-state index is 12.1. The van der Waals surface area contributed by atoms with Crippen LogP contribution in [-0.4, -0.2) is 25.2 Å². The molecule has 0 fully saturated rings. The van der Waals surface area contributed by atoms with E-state index in [0.717, 1.165) is 38.5 Å². The van der Waals surface area contributed by atoms with Gasteiger partial charge in [-0.3, -0.25) is 9.59 Å². The SMILES string of the molecule is CCCCCCCCCCCCCCCCCCCOC(=O)CCCCCCCCCCCCCCCCCC(=O)OCCCCCCCCCCCCCCCCCCC. The van der Waals surface area contributed by atoms with Crippen LogP contribution in [0.4, 0.5) is 0 Å². The minimum absolute atomic E-state index is 0.0161. The lowest BCUT2D eigenvalue weighted by molar-refractivity contribution is -0.144. The normalized spacial score (nSPS) is 11.4. The molecule has 0 aromatic heterocycles. The molecule has 0 aliphatic rings. The van der Waals surface area contributed by atoms with Gasteiger partial charge in [-0.2, -0.15) is 0 Å². The largest absolute Gasteiger partial charge is 0.466 e. The monoisotopic (exact) mass is 861 g/mol. The molecular weight excluding hydrogens is 749 g/mol. The minimum atomic E-state index is 0.0161. The average molecular weight is 862 g/mol. The van der Waals surface area contributed by atoms with Crippen molar-refractivity contribution < 1.29 is 19.1 Å². The van der Waals surface area contributed by atoms with Gasteiger partial charge < -0.3 is 9.47 Å². The Morgan fingerprint density at radius 2 is 0.361 bits per heavy atom. The van der Waals surface area contributed by atoms with Gasteiger partial charge in [0.1, 0.15) is 0 Å². The van der Waals surface area contributed by atoms with E-state index >= 15 is 0 Å². The second-order valence-corrected chi connectivity index (χ2v) is 19.6. The van der Waals surface area contributed by atoms with Crippen LogP contribution in [0.1, 0.15) is 341 Å². The van der Waals surface area contributed by atoms with Gasteiger partial charge in [0.2, 0.25) is 0 Å². The van der Waals surface area contributed by atoms with Crippen LogP contribution in [0.15, 0.2) is 0 Å². The van der Waals surface area contributed by atoms with Crippen molar-refractivity contribution in [2.24, 2.45) is 0 Å². The Balaban J connectivity index is 3.20. The number of esters is 2. The van der Waals surface area contributed by atoms with Crippen molar-refractivity contribution in [2.45, 2.75) is 341 Å². The molecule has 0 amide bonds. The highest BCUT2D eigenvalue weighted by Crippen LogP contribution is 2.18. The van der Waals surface area contributed by atoms with Crippen molar-refractivity contribution in [3.63, 3.8) is 0 Å². The zero-order chi connectivity index (χ0) is 44.0. The first kappa shape index (κ1) is 59.9. The third-order valence-corrected chi connectivity index (χ3v) is 13.3. The molecule has 0 rings (SSSR count). The molecular formula is C57H112O4. The van der Waals surface area contributed by atoms with Crippen LogP contribution in [0, 0.1) is 0 Å². The summed E-state index contributed by atoms with van der Waals surface area (Å²) >= 11 is 0. The maximum Gasteiger partial charge on any atom is 0.305 e. The molecule has 0 aliphatic carbocycles. The smallest absolute Gasteiger partial charge is 0.305 e. The van der Waals surface area contributed by atoms with Crippen molar-refractivity contribution in [3.05, 3.63) is 0 Å². The number of hydrogen-bond donors (Lipinski definition) is 0. The predicted molar refractivity (Wildman–Crippen MR) is 269 cm³/mol. The zero-order valence-electron chi connectivity index (χ0n) is 42.1. The molecule has 0 heterocycles. The van der Waals surface area contributed by atoms with Gasteiger partial charge in [-0.05, 0) is 25.7 Å². The number of ether oxygens (including phenoxy) is 2. The molecule has 0 aliphatic heterocycles. The first-order chi connectivity index (χ1) is 30.2. The van der Waals surface area contributed by atoms with E-state index in [1.165, 1.54) is 276 Å². The lowest BCUT2D eigenvalue weighted by atomic mass is 10.0. The minimum Gasteiger partial charge on any atom is -0.466 e. The summed E-state index contributed by atoms with van der Waals surface area (Å²) in [6, 6.07) is 0. The molecule has 0 spiro atoms. The standard InChI is InChI=1S/C57H112O4/c1-3-5-7-9-11-13-15-17-19-21-26-30-34-38-42-46-50-54-60-56(58)52-48-44-40-36-32-28-24-23-25-29-33-37-41-45-49-53-57(59)61-55-51-47-43-39-35-31-27-22-20-18-16-14-12-10-8-6-4-2/h3-55H2,1-2H3. The number of carbonyl (C=O) groups is 2. The topological polar surface area (TPSA) is 52.6 Å². The van der Waals surface area contributed by atoms with Crippen molar-refractivity contribution in [2.75, 3.05) is 13.2 Å². The Labute approximate surface area is 384 Å². The molecule has 0 aromatic rings. The molecule has 0 N–H and O–H groups in total. The fraction of sp³-hybridized carbons (Fsp3) is 0.965. The Bertz CT molecular complexity index is 760. The number of carbonyl (C=O) groups excluding carboxylic acids is 2.